The predicted molar refractivity (Wildman–Crippen MR) is 102 cm³/mol. The number of carbonyl (C=O) groups is 1. The van der Waals surface area contributed by atoms with Crippen LogP contribution in [-0.2, 0) is 11.3 Å². The lowest BCUT2D eigenvalue weighted by Gasteiger charge is -2.10. The minimum Gasteiger partial charge on any atom is -0.496 e. The maximum absolute atomic E-state index is 13.0. The number of ether oxygens (including phenoxy) is 3. The van der Waals surface area contributed by atoms with Crippen LogP contribution in [0.2, 0.25) is 0 Å². The first-order valence-electron chi connectivity index (χ1n) is 8.86. The normalized spacial score (nSPS) is 18.0. The van der Waals surface area contributed by atoms with E-state index in [2.05, 4.69) is 0 Å². The van der Waals surface area contributed by atoms with E-state index >= 15 is 0 Å². The summed E-state index contributed by atoms with van der Waals surface area (Å²) in [5, 5.41) is 0. The zero-order chi connectivity index (χ0) is 18.6. The molecule has 0 bridgehead atoms. The predicted octanol–water partition coefficient (Wildman–Crippen LogP) is 4.60. The van der Waals surface area contributed by atoms with Crippen LogP contribution in [-0.4, -0.2) is 19.0 Å². The second-order valence-electron chi connectivity index (χ2n) is 6.35. The fourth-order valence-corrected chi connectivity index (χ4v) is 3.13. The molecule has 0 N–H and O–H groups in total. The summed E-state index contributed by atoms with van der Waals surface area (Å²) in [7, 11) is 1.62. The van der Waals surface area contributed by atoms with Crippen molar-refractivity contribution in [1.82, 2.24) is 0 Å². The van der Waals surface area contributed by atoms with Crippen LogP contribution in [0.25, 0.3) is 0 Å². The maximum Gasteiger partial charge on any atom is 0.198 e. The molecule has 0 radical (unpaired) electrons. The quantitative estimate of drug-likeness (QED) is 0.456. The van der Waals surface area contributed by atoms with E-state index in [4.69, 9.17) is 14.2 Å². The van der Waals surface area contributed by atoms with Crippen molar-refractivity contribution in [3.05, 3.63) is 95.6 Å². The number of ketones is 1. The van der Waals surface area contributed by atoms with Crippen molar-refractivity contribution in [1.29, 1.82) is 0 Å². The van der Waals surface area contributed by atoms with Crippen LogP contribution in [0.1, 0.15) is 27.6 Å². The fourth-order valence-electron chi connectivity index (χ4n) is 3.13. The number of para-hydroxylation sites is 2. The Morgan fingerprint density at radius 1 is 0.889 bits per heavy atom. The Bertz CT molecular complexity index is 936. The van der Waals surface area contributed by atoms with Gasteiger partial charge < -0.3 is 14.2 Å². The Balaban J connectivity index is 1.50. The van der Waals surface area contributed by atoms with Crippen LogP contribution in [0.5, 0.6) is 11.5 Å². The Morgan fingerprint density at radius 3 is 2.33 bits per heavy atom. The number of methoxy groups -OCH3 is 1. The van der Waals surface area contributed by atoms with Crippen LogP contribution in [0.3, 0.4) is 0 Å². The lowest BCUT2D eigenvalue weighted by atomic mass is 10.0. The fraction of sp³-hybridized carbons (Fsp3) is 0.174. The minimum absolute atomic E-state index is 0.0745. The van der Waals surface area contributed by atoms with Gasteiger partial charge in [-0.1, -0.05) is 60.7 Å². The number of hydrogen-bond donors (Lipinski definition) is 0. The van der Waals surface area contributed by atoms with Gasteiger partial charge in [-0.2, -0.15) is 0 Å². The van der Waals surface area contributed by atoms with Crippen molar-refractivity contribution in [3.8, 4) is 11.5 Å². The van der Waals surface area contributed by atoms with Crippen molar-refractivity contribution in [2.45, 2.75) is 18.8 Å². The van der Waals surface area contributed by atoms with Crippen LogP contribution in [0.4, 0.5) is 0 Å². The smallest absolute Gasteiger partial charge is 0.198 e. The molecular formula is C23H20O4. The number of benzene rings is 3. The number of epoxide rings is 1. The highest BCUT2D eigenvalue weighted by Gasteiger charge is 2.48. The Kier molecular flexibility index (Phi) is 4.90. The summed E-state index contributed by atoms with van der Waals surface area (Å²) < 4.78 is 17.0. The van der Waals surface area contributed by atoms with Gasteiger partial charge in [0, 0.05) is 5.56 Å². The summed E-state index contributed by atoms with van der Waals surface area (Å²) in [4.78, 5) is 13.0. The van der Waals surface area contributed by atoms with Gasteiger partial charge in [0.25, 0.3) is 0 Å². The van der Waals surface area contributed by atoms with E-state index in [9.17, 15) is 4.79 Å². The summed E-state index contributed by atoms with van der Waals surface area (Å²) >= 11 is 0. The highest BCUT2D eigenvalue weighted by atomic mass is 16.6. The molecular weight excluding hydrogens is 340 g/mol. The lowest BCUT2D eigenvalue weighted by molar-refractivity contribution is 0.0949. The first kappa shape index (κ1) is 17.3. The van der Waals surface area contributed by atoms with Gasteiger partial charge in [0.15, 0.2) is 11.9 Å². The lowest BCUT2D eigenvalue weighted by Crippen LogP contribution is -2.11. The first-order valence-corrected chi connectivity index (χ1v) is 8.86. The van der Waals surface area contributed by atoms with Crippen LogP contribution in [0.15, 0.2) is 78.9 Å². The number of carbonyl (C=O) groups excluding carboxylic acids is 1. The van der Waals surface area contributed by atoms with Crippen LogP contribution < -0.4 is 9.47 Å². The van der Waals surface area contributed by atoms with E-state index in [1.807, 2.05) is 72.8 Å². The van der Waals surface area contributed by atoms with Gasteiger partial charge in [0.1, 0.15) is 24.2 Å². The van der Waals surface area contributed by atoms with Crippen LogP contribution in [0, 0.1) is 0 Å². The van der Waals surface area contributed by atoms with Gasteiger partial charge in [-0.05, 0) is 23.8 Å². The molecule has 0 saturated carbocycles. The Morgan fingerprint density at radius 2 is 1.56 bits per heavy atom. The largest absolute Gasteiger partial charge is 0.496 e. The minimum atomic E-state index is -0.511. The highest BCUT2D eigenvalue weighted by Crippen LogP contribution is 2.45. The molecule has 0 aliphatic carbocycles. The molecule has 0 amide bonds. The third-order valence-electron chi connectivity index (χ3n) is 4.59. The van der Waals surface area contributed by atoms with Gasteiger partial charge in [-0.15, -0.1) is 0 Å². The maximum atomic E-state index is 13.0. The van der Waals surface area contributed by atoms with E-state index in [1.165, 1.54) is 0 Å². The molecule has 0 aromatic heterocycles. The molecule has 2 atom stereocenters. The molecule has 3 aromatic rings. The summed E-state index contributed by atoms with van der Waals surface area (Å²) in [5.41, 5.74) is 2.48. The van der Waals surface area contributed by atoms with E-state index in [0.29, 0.717) is 17.9 Å². The second-order valence-corrected chi connectivity index (χ2v) is 6.35. The summed E-state index contributed by atoms with van der Waals surface area (Å²) in [6, 6.07) is 24.8. The third-order valence-corrected chi connectivity index (χ3v) is 4.59. The molecule has 136 valence electrons. The van der Waals surface area contributed by atoms with Crippen LogP contribution >= 0.6 is 0 Å². The van der Waals surface area contributed by atoms with E-state index in [1.54, 1.807) is 13.2 Å². The van der Waals surface area contributed by atoms with E-state index in [0.717, 1.165) is 16.9 Å². The molecule has 3 aromatic carbocycles. The molecule has 27 heavy (non-hydrogen) atoms. The molecule has 1 heterocycles. The molecule has 1 aliphatic rings. The van der Waals surface area contributed by atoms with Crippen molar-refractivity contribution < 1.29 is 19.0 Å². The number of rotatable bonds is 7. The van der Waals surface area contributed by atoms with Gasteiger partial charge in [0.2, 0.25) is 0 Å². The molecule has 0 unspecified atom stereocenters. The van der Waals surface area contributed by atoms with Gasteiger partial charge in [-0.3, -0.25) is 4.79 Å². The Labute approximate surface area is 158 Å². The van der Waals surface area contributed by atoms with Gasteiger partial charge in [0.05, 0.1) is 12.7 Å². The van der Waals surface area contributed by atoms with Gasteiger partial charge >= 0.3 is 0 Å². The zero-order valence-electron chi connectivity index (χ0n) is 15.0. The first-order chi connectivity index (χ1) is 13.3. The van der Waals surface area contributed by atoms with E-state index < -0.39 is 6.10 Å². The molecule has 1 fully saturated rings. The molecule has 4 heteroatoms. The zero-order valence-corrected chi connectivity index (χ0v) is 15.0. The second kappa shape index (κ2) is 7.64. The van der Waals surface area contributed by atoms with E-state index in [-0.39, 0.29) is 11.9 Å². The average molecular weight is 360 g/mol. The molecule has 0 spiro atoms. The summed E-state index contributed by atoms with van der Waals surface area (Å²) in [6.45, 7) is 0.409. The summed E-state index contributed by atoms with van der Waals surface area (Å²) in [5.74, 6) is 1.22. The Hall–Kier alpha value is -3.11. The molecule has 1 aliphatic heterocycles. The van der Waals surface area contributed by atoms with Crippen molar-refractivity contribution >= 4 is 5.78 Å². The summed E-state index contributed by atoms with van der Waals surface area (Å²) in [6.07, 6.45) is -0.793. The SMILES string of the molecule is COc1ccccc1[C@@H]1O[C@H]1C(=O)c1ccccc1OCc1ccccc1. The van der Waals surface area contributed by atoms with Gasteiger partial charge in [-0.25, -0.2) is 0 Å². The van der Waals surface area contributed by atoms with Crippen molar-refractivity contribution in [3.63, 3.8) is 0 Å². The molecule has 4 rings (SSSR count). The van der Waals surface area contributed by atoms with Crippen molar-refractivity contribution in [2.24, 2.45) is 0 Å². The number of Topliss-reactive ketones (excluding diaryl/α,β-unsaturated/α-hetero) is 1. The van der Waals surface area contributed by atoms with Crippen molar-refractivity contribution in [2.75, 3.05) is 7.11 Å². The molecule has 4 nitrogen and oxygen atoms in total. The number of hydrogen-bond acceptors (Lipinski definition) is 4. The highest BCUT2D eigenvalue weighted by molar-refractivity contribution is 6.03. The molecule has 1 saturated heterocycles. The topological polar surface area (TPSA) is 48.1 Å². The third kappa shape index (κ3) is 3.71. The standard InChI is InChI=1S/C23H20O4/c1-25-19-13-7-6-12-18(19)22-23(27-22)21(24)17-11-5-8-14-20(17)26-15-16-9-3-2-4-10-16/h2-14,22-23H,15H2,1H3/t22-,23-/m0/s1. The monoisotopic (exact) mass is 360 g/mol. The average Bonchev–Trinajstić information content (AvgIpc) is 3.53.